The molecule has 10 heavy (non-hydrogen) atoms. The summed E-state index contributed by atoms with van der Waals surface area (Å²) in [5.41, 5.74) is 0. The number of thioether (sulfide) groups is 1. The molecule has 0 aliphatic carbocycles. The van der Waals surface area contributed by atoms with Gasteiger partial charge in [-0.15, -0.1) is 0 Å². The van der Waals surface area contributed by atoms with Crippen LogP contribution >= 0.6 is 27.7 Å². The van der Waals surface area contributed by atoms with Crippen molar-refractivity contribution in [1.29, 1.82) is 0 Å². The highest BCUT2D eigenvalue weighted by Gasteiger charge is 1.93. The van der Waals surface area contributed by atoms with Gasteiger partial charge in [-0.2, -0.15) is 11.8 Å². The lowest BCUT2D eigenvalue weighted by molar-refractivity contribution is 0.749. The zero-order valence-electron chi connectivity index (χ0n) is 6.90. The van der Waals surface area contributed by atoms with Crippen molar-refractivity contribution in [3.63, 3.8) is 0 Å². The first-order chi connectivity index (χ1) is 4.77. The highest BCUT2D eigenvalue weighted by atomic mass is 79.9. The van der Waals surface area contributed by atoms with E-state index in [1.807, 2.05) is 0 Å². The second-order valence-electron chi connectivity index (χ2n) is 2.86. The lowest BCUT2D eigenvalue weighted by atomic mass is 10.3. The van der Waals surface area contributed by atoms with Crippen molar-refractivity contribution in [2.45, 2.75) is 26.7 Å². The molecule has 0 spiro atoms. The molecule has 0 radical (unpaired) electrons. The second-order valence-corrected chi connectivity index (χ2v) is 4.81. The zero-order valence-corrected chi connectivity index (χ0v) is 9.30. The van der Waals surface area contributed by atoms with E-state index < -0.39 is 0 Å². The highest BCUT2D eigenvalue weighted by Crippen LogP contribution is 2.09. The molecule has 62 valence electrons. The Labute approximate surface area is 77.3 Å². The zero-order chi connectivity index (χ0) is 7.82. The summed E-state index contributed by atoms with van der Waals surface area (Å²) in [4.78, 5) is 0. The number of hydrogen-bond donors (Lipinski definition) is 0. The molecule has 0 unspecified atom stereocenters. The van der Waals surface area contributed by atoms with E-state index in [9.17, 15) is 0 Å². The van der Waals surface area contributed by atoms with E-state index in [2.05, 4.69) is 41.5 Å². The van der Waals surface area contributed by atoms with Gasteiger partial charge in [-0.1, -0.05) is 29.8 Å². The lowest BCUT2D eigenvalue weighted by Gasteiger charge is -2.02. The van der Waals surface area contributed by atoms with E-state index >= 15 is 0 Å². The van der Waals surface area contributed by atoms with E-state index in [0.717, 1.165) is 11.2 Å². The van der Waals surface area contributed by atoms with Gasteiger partial charge in [-0.25, -0.2) is 0 Å². The van der Waals surface area contributed by atoms with Crippen LogP contribution in [0.1, 0.15) is 26.7 Å². The molecule has 0 saturated carbocycles. The molecule has 0 aromatic rings. The van der Waals surface area contributed by atoms with Crippen molar-refractivity contribution in [2.24, 2.45) is 5.92 Å². The molecule has 0 saturated heterocycles. The smallest absolute Gasteiger partial charge is 0.00315 e. The number of unbranched alkanes of at least 4 members (excludes halogenated alkanes) is 1. The SMILES string of the molecule is CC(C)CSCCCCBr. The first-order valence-corrected chi connectivity index (χ1v) is 6.18. The Bertz CT molecular complexity index is 64.3. The summed E-state index contributed by atoms with van der Waals surface area (Å²) in [5.74, 6) is 3.51. The normalized spacial score (nSPS) is 10.8. The third kappa shape index (κ3) is 8.83. The molecule has 0 aromatic heterocycles. The van der Waals surface area contributed by atoms with Crippen LogP contribution in [-0.4, -0.2) is 16.8 Å². The quantitative estimate of drug-likeness (QED) is 0.492. The van der Waals surface area contributed by atoms with E-state index in [1.54, 1.807) is 0 Å². The fourth-order valence-corrected chi connectivity index (χ4v) is 2.06. The van der Waals surface area contributed by atoms with Crippen LogP contribution in [0.5, 0.6) is 0 Å². The van der Waals surface area contributed by atoms with Gasteiger partial charge in [0, 0.05) is 5.33 Å². The van der Waals surface area contributed by atoms with Gasteiger partial charge in [0.05, 0.1) is 0 Å². The first-order valence-electron chi connectivity index (χ1n) is 3.91. The predicted octanol–water partition coefficient (Wildman–Crippen LogP) is 3.55. The van der Waals surface area contributed by atoms with Crippen LogP contribution in [0.2, 0.25) is 0 Å². The van der Waals surface area contributed by atoms with E-state index in [0.29, 0.717) is 0 Å². The molecule has 0 aliphatic heterocycles. The van der Waals surface area contributed by atoms with Crippen molar-refractivity contribution in [3.8, 4) is 0 Å². The van der Waals surface area contributed by atoms with Crippen LogP contribution in [0.3, 0.4) is 0 Å². The lowest BCUT2D eigenvalue weighted by Crippen LogP contribution is -1.92. The van der Waals surface area contributed by atoms with Gasteiger partial charge >= 0.3 is 0 Å². The molecule has 0 atom stereocenters. The summed E-state index contributed by atoms with van der Waals surface area (Å²) in [6.45, 7) is 4.55. The molecule has 0 amide bonds. The Kier molecular flexibility index (Phi) is 8.59. The predicted molar refractivity (Wildman–Crippen MR) is 55.2 cm³/mol. The molecule has 0 aliphatic rings. The molecule has 2 heteroatoms. The van der Waals surface area contributed by atoms with Crippen molar-refractivity contribution < 1.29 is 0 Å². The van der Waals surface area contributed by atoms with Gasteiger partial charge in [-0.05, 0) is 30.3 Å². The van der Waals surface area contributed by atoms with Crippen molar-refractivity contribution in [3.05, 3.63) is 0 Å². The van der Waals surface area contributed by atoms with Crippen LogP contribution in [0.15, 0.2) is 0 Å². The number of halogens is 1. The maximum absolute atomic E-state index is 3.42. The third-order valence-corrected chi connectivity index (χ3v) is 3.16. The van der Waals surface area contributed by atoms with Crippen LogP contribution in [0.25, 0.3) is 0 Å². The molecule has 0 nitrogen and oxygen atoms in total. The van der Waals surface area contributed by atoms with E-state index in [1.165, 1.54) is 24.3 Å². The molecule has 0 aromatic carbocycles. The summed E-state index contributed by atoms with van der Waals surface area (Å²) in [5, 5.41) is 1.16. The summed E-state index contributed by atoms with van der Waals surface area (Å²) < 4.78 is 0. The minimum Gasteiger partial charge on any atom is -0.162 e. The van der Waals surface area contributed by atoms with Crippen molar-refractivity contribution in [2.75, 3.05) is 16.8 Å². The van der Waals surface area contributed by atoms with Gasteiger partial charge in [0.25, 0.3) is 0 Å². The molecule has 0 fully saturated rings. The average Bonchev–Trinajstić information content (AvgIpc) is 1.87. The Balaban J connectivity index is 2.77. The monoisotopic (exact) mass is 224 g/mol. The maximum atomic E-state index is 3.42. The van der Waals surface area contributed by atoms with Gasteiger partial charge < -0.3 is 0 Å². The molecule has 0 rings (SSSR count). The molecule has 0 heterocycles. The minimum absolute atomic E-state index is 0.856. The molecular formula is C8H17BrS. The number of rotatable bonds is 6. The fourth-order valence-electron chi connectivity index (χ4n) is 0.618. The summed E-state index contributed by atoms with van der Waals surface area (Å²) in [6, 6.07) is 0. The summed E-state index contributed by atoms with van der Waals surface area (Å²) in [7, 11) is 0. The van der Waals surface area contributed by atoms with Crippen LogP contribution in [-0.2, 0) is 0 Å². The molecule has 0 N–H and O–H groups in total. The Morgan fingerprint density at radius 2 is 2.00 bits per heavy atom. The van der Waals surface area contributed by atoms with Crippen LogP contribution in [0, 0.1) is 5.92 Å². The van der Waals surface area contributed by atoms with Crippen molar-refractivity contribution in [1.82, 2.24) is 0 Å². The topological polar surface area (TPSA) is 0 Å². The fraction of sp³-hybridized carbons (Fsp3) is 1.00. The Hall–Kier alpha value is 0.830. The van der Waals surface area contributed by atoms with Gasteiger partial charge in [-0.3, -0.25) is 0 Å². The van der Waals surface area contributed by atoms with E-state index in [-0.39, 0.29) is 0 Å². The summed E-state index contributed by atoms with van der Waals surface area (Å²) >= 11 is 5.50. The summed E-state index contributed by atoms with van der Waals surface area (Å²) in [6.07, 6.45) is 2.69. The molecule has 0 bridgehead atoms. The Morgan fingerprint density at radius 1 is 1.30 bits per heavy atom. The van der Waals surface area contributed by atoms with Gasteiger partial charge in [0.2, 0.25) is 0 Å². The Morgan fingerprint density at radius 3 is 2.50 bits per heavy atom. The average molecular weight is 225 g/mol. The van der Waals surface area contributed by atoms with Crippen LogP contribution in [0.4, 0.5) is 0 Å². The number of alkyl halides is 1. The van der Waals surface area contributed by atoms with Crippen LogP contribution < -0.4 is 0 Å². The van der Waals surface area contributed by atoms with E-state index in [4.69, 9.17) is 0 Å². The van der Waals surface area contributed by atoms with Gasteiger partial charge in [0.1, 0.15) is 0 Å². The van der Waals surface area contributed by atoms with Gasteiger partial charge in [0.15, 0.2) is 0 Å². The number of hydrogen-bond acceptors (Lipinski definition) is 1. The largest absolute Gasteiger partial charge is 0.162 e. The second kappa shape index (κ2) is 7.93. The molecular weight excluding hydrogens is 208 g/mol. The first kappa shape index (κ1) is 10.8. The maximum Gasteiger partial charge on any atom is 0.00315 e. The van der Waals surface area contributed by atoms with Crippen molar-refractivity contribution >= 4 is 27.7 Å². The standard InChI is InChI=1S/C8H17BrS/c1-8(2)7-10-6-4-3-5-9/h8H,3-7H2,1-2H3. The minimum atomic E-state index is 0.856. The third-order valence-electron chi connectivity index (χ3n) is 1.12. The highest BCUT2D eigenvalue weighted by molar-refractivity contribution is 9.09.